The maximum atomic E-state index is 12.5. The average Bonchev–Trinajstić information content (AvgIpc) is 2.02. The minimum absolute atomic E-state index is 0.256. The molecule has 2 nitrogen and oxygen atoms in total. The Morgan fingerprint density at radius 3 is 2.31 bits per heavy atom. The van der Waals surface area contributed by atoms with Crippen molar-refractivity contribution in [2.75, 3.05) is 11.9 Å². The summed E-state index contributed by atoms with van der Waals surface area (Å²) in [7, 11) is 0. The monoisotopic (exact) mass is 183 g/mol. The van der Waals surface area contributed by atoms with Crippen LogP contribution in [0.25, 0.3) is 0 Å². The molecule has 2 N–H and O–H groups in total. The lowest BCUT2D eigenvalue weighted by atomic mass is 10.1. The second-order valence-corrected chi connectivity index (χ2v) is 3.67. The fourth-order valence-corrected chi connectivity index (χ4v) is 0.886. The van der Waals surface area contributed by atoms with Crippen molar-refractivity contribution in [2.45, 2.75) is 19.4 Å². The topological polar surface area (TPSA) is 32.3 Å². The second-order valence-electron chi connectivity index (χ2n) is 3.67. The Bertz CT molecular complexity index is 263. The fourth-order valence-electron chi connectivity index (χ4n) is 0.886. The van der Waals surface area contributed by atoms with Gasteiger partial charge in [0.25, 0.3) is 0 Å². The summed E-state index contributed by atoms with van der Waals surface area (Å²) in [6.07, 6.45) is 0. The molecular weight excluding hydrogens is 169 g/mol. The summed E-state index contributed by atoms with van der Waals surface area (Å²) in [5, 5.41) is 12.4. The first-order chi connectivity index (χ1) is 5.97. The third kappa shape index (κ3) is 3.90. The minimum Gasteiger partial charge on any atom is -0.389 e. The third-order valence-corrected chi connectivity index (χ3v) is 1.57. The molecule has 0 aliphatic rings. The Morgan fingerprint density at radius 2 is 1.85 bits per heavy atom. The maximum absolute atomic E-state index is 12.5. The van der Waals surface area contributed by atoms with Crippen LogP contribution in [0.1, 0.15) is 13.8 Å². The van der Waals surface area contributed by atoms with Crippen molar-refractivity contribution in [2.24, 2.45) is 0 Å². The fraction of sp³-hybridized carbons (Fsp3) is 0.400. The molecule has 1 aromatic carbocycles. The lowest BCUT2D eigenvalue weighted by Crippen LogP contribution is -2.29. The van der Waals surface area contributed by atoms with E-state index in [-0.39, 0.29) is 5.82 Å². The van der Waals surface area contributed by atoms with E-state index in [1.807, 2.05) is 0 Å². The molecule has 3 heteroatoms. The molecule has 0 saturated carbocycles. The van der Waals surface area contributed by atoms with E-state index in [4.69, 9.17) is 0 Å². The Morgan fingerprint density at radius 1 is 1.31 bits per heavy atom. The van der Waals surface area contributed by atoms with Crippen LogP contribution in [0.15, 0.2) is 24.3 Å². The zero-order valence-corrected chi connectivity index (χ0v) is 7.84. The Hall–Kier alpha value is -1.09. The van der Waals surface area contributed by atoms with Gasteiger partial charge in [-0.3, -0.25) is 0 Å². The van der Waals surface area contributed by atoms with Crippen LogP contribution in [-0.4, -0.2) is 17.3 Å². The van der Waals surface area contributed by atoms with Gasteiger partial charge in [-0.25, -0.2) is 4.39 Å². The Labute approximate surface area is 77.4 Å². The Kier molecular flexibility index (Phi) is 2.88. The van der Waals surface area contributed by atoms with Crippen LogP contribution in [-0.2, 0) is 0 Å². The van der Waals surface area contributed by atoms with Crippen LogP contribution >= 0.6 is 0 Å². The van der Waals surface area contributed by atoms with E-state index >= 15 is 0 Å². The molecule has 0 aliphatic carbocycles. The molecule has 0 fully saturated rings. The predicted octanol–water partition coefficient (Wildman–Crippen LogP) is 2.01. The molecule has 0 amide bonds. The standard InChI is InChI=1S/C10H14FNO/c1-10(2,13)7-12-9-5-3-8(11)4-6-9/h3-6,12-13H,7H2,1-2H3. The summed E-state index contributed by atoms with van der Waals surface area (Å²) < 4.78 is 12.5. The van der Waals surface area contributed by atoms with Crippen molar-refractivity contribution in [3.05, 3.63) is 30.1 Å². The van der Waals surface area contributed by atoms with Gasteiger partial charge in [-0.1, -0.05) is 0 Å². The Balaban J connectivity index is 2.51. The smallest absolute Gasteiger partial charge is 0.123 e. The number of anilines is 1. The number of benzene rings is 1. The van der Waals surface area contributed by atoms with Crippen LogP contribution in [0.3, 0.4) is 0 Å². The summed E-state index contributed by atoms with van der Waals surface area (Å²) in [6.45, 7) is 3.87. The molecule has 72 valence electrons. The van der Waals surface area contributed by atoms with Crippen molar-refractivity contribution in [3.8, 4) is 0 Å². The first-order valence-electron chi connectivity index (χ1n) is 4.19. The zero-order valence-electron chi connectivity index (χ0n) is 7.84. The van der Waals surface area contributed by atoms with E-state index in [1.54, 1.807) is 26.0 Å². The van der Waals surface area contributed by atoms with E-state index in [9.17, 15) is 9.50 Å². The highest BCUT2D eigenvalue weighted by Gasteiger charge is 2.11. The number of rotatable bonds is 3. The lowest BCUT2D eigenvalue weighted by molar-refractivity contribution is 0.0945. The highest BCUT2D eigenvalue weighted by molar-refractivity contribution is 5.42. The normalized spacial score (nSPS) is 11.4. The average molecular weight is 183 g/mol. The number of halogens is 1. The molecule has 0 unspecified atom stereocenters. The molecule has 0 aromatic heterocycles. The van der Waals surface area contributed by atoms with Crippen molar-refractivity contribution >= 4 is 5.69 Å². The SMILES string of the molecule is CC(C)(O)CNc1ccc(F)cc1. The van der Waals surface area contributed by atoms with Gasteiger partial charge < -0.3 is 10.4 Å². The van der Waals surface area contributed by atoms with Gasteiger partial charge >= 0.3 is 0 Å². The van der Waals surface area contributed by atoms with E-state index in [2.05, 4.69) is 5.32 Å². The van der Waals surface area contributed by atoms with Crippen LogP contribution in [0.4, 0.5) is 10.1 Å². The molecule has 0 aliphatic heterocycles. The predicted molar refractivity (Wildman–Crippen MR) is 51.2 cm³/mol. The van der Waals surface area contributed by atoms with Crippen molar-refractivity contribution in [1.29, 1.82) is 0 Å². The molecule has 0 atom stereocenters. The molecule has 1 aromatic rings. The van der Waals surface area contributed by atoms with Crippen LogP contribution < -0.4 is 5.32 Å². The van der Waals surface area contributed by atoms with E-state index in [0.29, 0.717) is 6.54 Å². The van der Waals surface area contributed by atoms with Crippen molar-refractivity contribution in [1.82, 2.24) is 0 Å². The molecule has 0 bridgehead atoms. The molecular formula is C10H14FNO. The second kappa shape index (κ2) is 3.75. The van der Waals surface area contributed by atoms with Gasteiger partial charge in [0.05, 0.1) is 5.60 Å². The van der Waals surface area contributed by atoms with E-state index in [0.717, 1.165) is 5.69 Å². The van der Waals surface area contributed by atoms with Crippen LogP contribution in [0.5, 0.6) is 0 Å². The van der Waals surface area contributed by atoms with Crippen molar-refractivity contribution in [3.63, 3.8) is 0 Å². The van der Waals surface area contributed by atoms with Gasteiger partial charge in [-0.05, 0) is 38.1 Å². The number of hydrogen-bond acceptors (Lipinski definition) is 2. The largest absolute Gasteiger partial charge is 0.389 e. The van der Waals surface area contributed by atoms with Gasteiger partial charge in [0.1, 0.15) is 5.82 Å². The van der Waals surface area contributed by atoms with Crippen LogP contribution in [0.2, 0.25) is 0 Å². The molecule has 0 radical (unpaired) electrons. The number of nitrogens with one attached hydrogen (secondary N) is 1. The van der Waals surface area contributed by atoms with Gasteiger partial charge in [0, 0.05) is 12.2 Å². The number of aliphatic hydroxyl groups is 1. The summed E-state index contributed by atoms with van der Waals surface area (Å²) in [5.74, 6) is -0.256. The zero-order chi connectivity index (χ0) is 9.90. The van der Waals surface area contributed by atoms with E-state index < -0.39 is 5.60 Å². The summed E-state index contributed by atoms with van der Waals surface area (Å²) >= 11 is 0. The maximum Gasteiger partial charge on any atom is 0.123 e. The van der Waals surface area contributed by atoms with Crippen LogP contribution in [0, 0.1) is 5.82 Å². The minimum atomic E-state index is -0.756. The van der Waals surface area contributed by atoms with E-state index in [1.165, 1.54) is 12.1 Å². The molecule has 0 saturated heterocycles. The van der Waals surface area contributed by atoms with Gasteiger partial charge in [-0.2, -0.15) is 0 Å². The lowest BCUT2D eigenvalue weighted by Gasteiger charge is -2.18. The van der Waals surface area contributed by atoms with Gasteiger partial charge in [-0.15, -0.1) is 0 Å². The van der Waals surface area contributed by atoms with Crippen molar-refractivity contribution < 1.29 is 9.50 Å². The first-order valence-corrected chi connectivity index (χ1v) is 4.19. The third-order valence-electron chi connectivity index (χ3n) is 1.57. The quantitative estimate of drug-likeness (QED) is 0.751. The highest BCUT2D eigenvalue weighted by Crippen LogP contribution is 2.10. The first kappa shape index (κ1) is 9.99. The summed E-state index contributed by atoms with van der Waals surface area (Å²) in [4.78, 5) is 0. The summed E-state index contributed by atoms with van der Waals surface area (Å²) in [5.41, 5.74) is 0.0533. The number of hydrogen-bond donors (Lipinski definition) is 2. The highest BCUT2D eigenvalue weighted by atomic mass is 19.1. The molecule has 0 heterocycles. The summed E-state index contributed by atoms with van der Waals surface area (Å²) in [6, 6.07) is 6.04. The molecule has 13 heavy (non-hydrogen) atoms. The molecule has 1 rings (SSSR count). The van der Waals surface area contributed by atoms with Gasteiger partial charge in [0.15, 0.2) is 0 Å². The van der Waals surface area contributed by atoms with Gasteiger partial charge in [0.2, 0.25) is 0 Å². The molecule has 0 spiro atoms.